The van der Waals surface area contributed by atoms with Gasteiger partial charge in [-0.2, -0.15) is 0 Å². The van der Waals surface area contributed by atoms with Gasteiger partial charge >= 0.3 is 0 Å². The van der Waals surface area contributed by atoms with E-state index in [9.17, 15) is 0 Å². The molecule has 6 fully saturated rings. The van der Waals surface area contributed by atoms with E-state index < -0.39 is 0 Å². The van der Waals surface area contributed by atoms with Crippen molar-refractivity contribution in [1.29, 1.82) is 0 Å². The number of unbranched alkanes of at least 4 members (excludes halogenated alkanes) is 2. The second-order valence-corrected chi connectivity index (χ2v) is 8.22. The van der Waals surface area contributed by atoms with Crippen LogP contribution in [0.2, 0.25) is 0 Å². The van der Waals surface area contributed by atoms with E-state index in [1.54, 1.807) is 0 Å². The van der Waals surface area contributed by atoms with Gasteiger partial charge in [0.05, 0.1) is 52.4 Å². The van der Waals surface area contributed by atoms with Gasteiger partial charge in [0.15, 0.2) is 0 Å². The Morgan fingerprint density at radius 3 is 1.14 bits per heavy atom. The molecular formula is C17H34N4+2. The fourth-order valence-electron chi connectivity index (χ4n) is 5.20. The van der Waals surface area contributed by atoms with Crippen molar-refractivity contribution in [3.05, 3.63) is 0 Å². The minimum absolute atomic E-state index is 1.37. The van der Waals surface area contributed by atoms with Gasteiger partial charge in [0.1, 0.15) is 0 Å². The van der Waals surface area contributed by atoms with Gasteiger partial charge in [-0.05, 0) is 19.3 Å². The van der Waals surface area contributed by atoms with Crippen LogP contribution >= 0.6 is 0 Å². The highest BCUT2D eigenvalue weighted by Gasteiger charge is 2.39. The van der Waals surface area contributed by atoms with Crippen LogP contribution in [0.1, 0.15) is 19.3 Å². The first kappa shape index (κ1) is 14.4. The summed E-state index contributed by atoms with van der Waals surface area (Å²) in [4.78, 5) is 5.32. The Bertz CT molecular complexity index is 292. The molecule has 4 bridgehead atoms. The van der Waals surface area contributed by atoms with E-state index in [1.807, 2.05) is 0 Å². The number of nitrogens with zero attached hydrogens (tertiary/aromatic N) is 4. The van der Waals surface area contributed by atoms with Gasteiger partial charge in [-0.1, -0.05) is 0 Å². The van der Waals surface area contributed by atoms with Gasteiger partial charge in [0, 0.05) is 39.3 Å². The highest BCUT2D eigenvalue weighted by molar-refractivity contribution is 4.72. The molecule has 6 aliphatic rings. The topological polar surface area (TPSA) is 6.48 Å². The molecule has 0 aromatic carbocycles. The van der Waals surface area contributed by atoms with Crippen LogP contribution in [0, 0.1) is 0 Å². The van der Waals surface area contributed by atoms with Crippen molar-refractivity contribution < 1.29 is 8.97 Å². The van der Waals surface area contributed by atoms with Crippen LogP contribution in [0.5, 0.6) is 0 Å². The van der Waals surface area contributed by atoms with E-state index in [0.29, 0.717) is 0 Å². The Balaban J connectivity index is 1.17. The lowest BCUT2D eigenvalue weighted by Crippen LogP contribution is -2.67. The van der Waals surface area contributed by atoms with E-state index in [-0.39, 0.29) is 0 Å². The zero-order valence-corrected chi connectivity index (χ0v) is 13.8. The van der Waals surface area contributed by atoms with Gasteiger partial charge in [-0.15, -0.1) is 0 Å². The lowest BCUT2D eigenvalue weighted by atomic mass is 10.1. The first-order valence-corrected chi connectivity index (χ1v) is 9.43. The van der Waals surface area contributed by atoms with Crippen molar-refractivity contribution in [3.63, 3.8) is 0 Å². The Labute approximate surface area is 130 Å². The average molecular weight is 294 g/mol. The summed E-state index contributed by atoms with van der Waals surface area (Å²) < 4.78 is 2.93. The number of fused-ring (bicyclic) bond motifs is 6. The van der Waals surface area contributed by atoms with E-state index >= 15 is 0 Å². The number of quaternary nitrogens is 2. The fraction of sp³-hybridized carbons (Fsp3) is 1.00. The average Bonchev–Trinajstić information content (AvgIpc) is 2.58. The van der Waals surface area contributed by atoms with Crippen molar-refractivity contribution >= 4 is 0 Å². The molecule has 21 heavy (non-hydrogen) atoms. The second-order valence-electron chi connectivity index (χ2n) is 8.22. The molecule has 0 atom stereocenters. The predicted molar refractivity (Wildman–Crippen MR) is 86.2 cm³/mol. The smallest absolute Gasteiger partial charge is 0.0916 e. The van der Waals surface area contributed by atoms with E-state index in [2.05, 4.69) is 9.80 Å². The SMILES string of the molecule is C(CC[N+]12CCN(CC1)CC2)CC[N+]12CCN(CC1)CC2. The monoisotopic (exact) mass is 294 g/mol. The molecule has 4 nitrogen and oxygen atoms in total. The molecule has 4 heteroatoms. The summed E-state index contributed by atoms with van der Waals surface area (Å²) in [6, 6.07) is 0. The van der Waals surface area contributed by atoms with Crippen LogP contribution in [0.4, 0.5) is 0 Å². The van der Waals surface area contributed by atoms with Crippen molar-refractivity contribution in [2.45, 2.75) is 19.3 Å². The number of hydrogen-bond donors (Lipinski definition) is 0. The summed E-state index contributed by atoms with van der Waals surface area (Å²) in [5.74, 6) is 0. The van der Waals surface area contributed by atoms with Gasteiger partial charge in [0.2, 0.25) is 0 Å². The van der Waals surface area contributed by atoms with Crippen LogP contribution in [0.15, 0.2) is 0 Å². The molecule has 0 unspecified atom stereocenters. The maximum Gasteiger partial charge on any atom is 0.0916 e. The van der Waals surface area contributed by atoms with Crippen LogP contribution in [0.3, 0.4) is 0 Å². The van der Waals surface area contributed by atoms with Gasteiger partial charge < -0.3 is 8.97 Å². The maximum atomic E-state index is 2.66. The second kappa shape index (κ2) is 5.80. The third-order valence-electron chi connectivity index (χ3n) is 7.11. The molecular weight excluding hydrogens is 260 g/mol. The molecule has 0 radical (unpaired) electrons. The van der Waals surface area contributed by atoms with Gasteiger partial charge in [-0.3, -0.25) is 9.80 Å². The summed E-state index contributed by atoms with van der Waals surface area (Å²) in [6.07, 6.45) is 4.44. The Morgan fingerprint density at radius 1 is 0.476 bits per heavy atom. The maximum absolute atomic E-state index is 2.66. The summed E-state index contributed by atoms with van der Waals surface area (Å²) in [6.45, 7) is 19.8. The molecule has 120 valence electrons. The summed E-state index contributed by atoms with van der Waals surface area (Å²) in [7, 11) is 0. The largest absolute Gasteiger partial charge is 0.320 e. The van der Waals surface area contributed by atoms with Crippen molar-refractivity contribution in [2.24, 2.45) is 0 Å². The van der Waals surface area contributed by atoms with Crippen molar-refractivity contribution in [2.75, 3.05) is 91.6 Å². The molecule has 6 saturated heterocycles. The Morgan fingerprint density at radius 2 is 0.810 bits per heavy atom. The molecule has 0 aromatic rings. The summed E-state index contributed by atoms with van der Waals surface area (Å²) >= 11 is 0. The van der Waals surface area contributed by atoms with E-state index in [4.69, 9.17) is 0 Å². The van der Waals surface area contributed by atoms with Crippen LogP contribution < -0.4 is 0 Å². The van der Waals surface area contributed by atoms with Crippen LogP contribution in [0.25, 0.3) is 0 Å². The molecule has 0 N–H and O–H groups in total. The molecule has 6 rings (SSSR count). The third-order valence-corrected chi connectivity index (χ3v) is 7.11. The van der Waals surface area contributed by atoms with Crippen LogP contribution in [-0.2, 0) is 0 Å². The lowest BCUT2D eigenvalue weighted by Gasteiger charge is -2.51. The molecule has 0 spiro atoms. The highest BCUT2D eigenvalue weighted by Crippen LogP contribution is 2.22. The summed E-state index contributed by atoms with van der Waals surface area (Å²) in [5.41, 5.74) is 0. The van der Waals surface area contributed by atoms with Gasteiger partial charge in [-0.25, -0.2) is 0 Å². The molecule has 0 aliphatic carbocycles. The van der Waals surface area contributed by atoms with Crippen molar-refractivity contribution in [3.8, 4) is 0 Å². The van der Waals surface area contributed by atoms with E-state index in [0.717, 1.165) is 0 Å². The minimum Gasteiger partial charge on any atom is -0.320 e. The molecule has 0 aromatic heterocycles. The molecule has 6 aliphatic heterocycles. The number of rotatable bonds is 6. The number of piperazine rings is 6. The Hall–Kier alpha value is -0.160. The molecule has 0 amide bonds. The standard InChI is InChI=1S/C17H34N4/c1(2-10-20-12-4-18(5-13-20)6-14-20)3-11-21-15-7-19(8-16-21)9-17-21/h1-17H2/q+2. The van der Waals surface area contributed by atoms with Crippen molar-refractivity contribution in [1.82, 2.24) is 9.80 Å². The molecule has 0 saturated carbocycles. The highest BCUT2D eigenvalue weighted by atomic mass is 15.5. The van der Waals surface area contributed by atoms with Gasteiger partial charge in [0.25, 0.3) is 0 Å². The first-order valence-electron chi connectivity index (χ1n) is 9.43. The zero-order valence-electron chi connectivity index (χ0n) is 13.8. The fourth-order valence-corrected chi connectivity index (χ4v) is 5.20. The van der Waals surface area contributed by atoms with Crippen LogP contribution in [-0.4, -0.2) is 110 Å². The predicted octanol–water partition coefficient (Wildman–Crippen LogP) is 0.449. The lowest BCUT2D eigenvalue weighted by molar-refractivity contribution is -0.942. The minimum atomic E-state index is 1.37. The Kier molecular flexibility index (Phi) is 3.99. The molecule has 6 heterocycles. The zero-order chi connectivity index (χ0) is 14.2. The quantitative estimate of drug-likeness (QED) is 0.518. The third kappa shape index (κ3) is 3.00. The van der Waals surface area contributed by atoms with E-state index in [1.165, 1.54) is 120 Å². The summed E-state index contributed by atoms with van der Waals surface area (Å²) in [5, 5.41) is 0. The number of hydrogen-bond acceptors (Lipinski definition) is 2. The normalized spacial score (nSPS) is 45.1. The first-order chi connectivity index (χ1) is 10.3.